The van der Waals surface area contributed by atoms with Crippen LogP contribution in [-0.2, 0) is 10.3 Å². The Morgan fingerprint density at radius 2 is 1.80 bits per heavy atom. The van der Waals surface area contributed by atoms with Gasteiger partial charge in [-0.25, -0.2) is 0 Å². The highest BCUT2D eigenvalue weighted by atomic mass is 16.5. The van der Waals surface area contributed by atoms with Gasteiger partial charge < -0.3 is 10.1 Å². The van der Waals surface area contributed by atoms with Crippen LogP contribution < -0.4 is 10.1 Å². The summed E-state index contributed by atoms with van der Waals surface area (Å²) in [5.41, 5.74) is 1.08. The molecule has 108 valence electrons. The maximum Gasteiger partial charge on any atom is 0.223 e. The van der Waals surface area contributed by atoms with Crippen LogP contribution in [-0.4, -0.2) is 13.0 Å². The van der Waals surface area contributed by atoms with Gasteiger partial charge in [-0.15, -0.1) is 0 Å². The number of hydrogen-bond acceptors (Lipinski definition) is 2. The fourth-order valence-corrected chi connectivity index (χ4v) is 3.23. The molecule has 1 aromatic carbocycles. The first kappa shape index (κ1) is 13.5. The lowest BCUT2D eigenvalue weighted by Crippen LogP contribution is -2.47. The van der Waals surface area contributed by atoms with E-state index in [2.05, 4.69) is 17.4 Å². The molecule has 1 aromatic rings. The van der Waals surface area contributed by atoms with Gasteiger partial charge in [0.1, 0.15) is 5.75 Å². The lowest BCUT2D eigenvalue weighted by Gasteiger charge is -2.39. The van der Waals surface area contributed by atoms with Crippen molar-refractivity contribution >= 4 is 5.91 Å². The zero-order chi connectivity index (χ0) is 14.0. The lowest BCUT2D eigenvalue weighted by molar-refractivity contribution is -0.124. The van der Waals surface area contributed by atoms with Crippen LogP contribution in [0.15, 0.2) is 24.3 Å². The van der Waals surface area contributed by atoms with Crippen molar-refractivity contribution in [1.29, 1.82) is 0 Å². The second-order valence-electron chi connectivity index (χ2n) is 6.13. The number of hydrogen-bond donors (Lipinski definition) is 1. The third-order valence-electron chi connectivity index (χ3n) is 4.66. The highest BCUT2D eigenvalue weighted by Gasteiger charge is 2.39. The predicted molar refractivity (Wildman–Crippen MR) is 78.6 cm³/mol. The Morgan fingerprint density at radius 1 is 1.15 bits per heavy atom. The zero-order valence-electron chi connectivity index (χ0n) is 12.2. The average molecular weight is 273 g/mol. The second kappa shape index (κ2) is 5.47. The van der Waals surface area contributed by atoms with E-state index in [0.29, 0.717) is 0 Å². The molecule has 2 aliphatic rings. The van der Waals surface area contributed by atoms with Gasteiger partial charge in [-0.2, -0.15) is 0 Å². The molecule has 3 heteroatoms. The minimum Gasteiger partial charge on any atom is -0.497 e. The number of nitrogens with one attached hydrogen (secondary N) is 1. The van der Waals surface area contributed by atoms with Gasteiger partial charge in [-0.1, -0.05) is 31.4 Å². The summed E-state index contributed by atoms with van der Waals surface area (Å²) in [6.45, 7) is 0. The van der Waals surface area contributed by atoms with E-state index in [1.165, 1.54) is 24.8 Å². The molecular formula is C17H23NO2. The molecule has 20 heavy (non-hydrogen) atoms. The topological polar surface area (TPSA) is 38.3 Å². The Kier molecular flexibility index (Phi) is 3.68. The van der Waals surface area contributed by atoms with Crippen molar-refractivity contribution in [2.75, 3.05) is 7.11 Å². The molecule has 1 amide bonds. The molecule has 3 rings (SSSR count). The van der Waals surface area contributed by atoms with Crippen LogP contribution in [0.5, 0.6) is 5.75 Å². The largest absolute Gasteiger partial charge is 0.497 e. The Bertz CT molecular complexity index is 470. The third kappa shape index (κ3) is 2.67. The lowest BCUT2D eigenvalue weighted by atomic mass is 9.76. The summed E-state index contributed by atoms with van der Waals surface area (Å²) in [6.07, 6.45) is 7.88. The molecule has 0 aromatic heterocycles. The number of carbonyl (C=O) groups excluding carboxylic acids is 1. The van der Waals surface area contributed by atoms with Crippen molar-refractivity contribution in [2.24, 2.45) is 5.92 Å². The van der Waals surface area contributed by atoms with E-state index in [4.69, 9.17) is 4.74 Å². The average Bonchev–Trinajstić information content (AvgIpc) is 3.33. The Balaban J connectivity index is 1.84. The molecule has 2 saturated carbocycles. The van der Waals surface area contributed by atoms with Gasteiger partial charge in [0.15, 0.2) is 0 Å². The van der Waals surface area contributed by atoms with Gasteiger partial charge in [0.25, 0.3) is 0 Å². The van der Waals surface area contributed by atoms with Crippen molar-refractivity contribution in [3.05, 3.63) is 29.8 Å². The van der Waals surface area contributed by atoms with Crippen LogP contribution in [0.1, 0.15) is 50.5 Å². The minimum absolute atomic E-state index is 0.149. The maximum atomic E-state index is 12.2. The molecule has 2 aliphatic carbocycles. The van der Waals surface area contributed by atoms with E-state index in [0.717, 1.165) is 31.4 Å². The summed E-state index contributed by atoms with van der Waals surface area (Å²) in [4.78, 5) is 12.2. The van der Waals surface area contributed by atoms with Gasteiger partial charge in [-0.3, -0.25) is 4.79 Å². The van der Waals surface area contributed by atoms with Crippen molar-refractivity contribution < 1.29 is 9.53 Å². The SMILES string of the molecule is COc1ccc(C2(NC(=O)C3CC3)CCCCC2)cc1. The summed E-state index contributed by atoms with van der Waals surface area (Å²) in [5.74, 6) is 1.39. The maximum absolute atomic E-state index is 12.2. The van der Waals surface area contributed by atoms with E-state index in [1.807, 2.05) is 12.1 Å². The third-order valence-corrected chi connectivity index (χ3v) is 4.66. The first-order chi connectivity index (χ1) is 9.73. The summed E-state index contributed by atoms with van der Waals surface area (Å²) in [5, 5.41) is 3.37. The number of amides is 1. The fourth-order valence-electron chi connectivity index (χ4n) is 3.23. The molecule has 0 heterocycles. The number of benzene rings is 1. The molecule has 0 unspecified atom stereocenters. The molecular weight excluding hydrogens is 250 g/mol. The molecule has 0 aliphatic heterocycles. The predicted octanol–water partition coefficient (Wildman–Crippen LogP) is 3.38. The molecule has 0 saturated heterocycles. The normalized spacial score (nSPS) is 21.2. The van der Waals surface area contributed by atoms with Crippen LogP contribution in [0.25, 0.3) is 0 Å². The quantitative estimate of drug-likeness (QED) is 0.913. The standard InChI is InChI=1S/C17H23NO2/c1-20-15-9-7-14(8-10-15)17(11-3-2-4-12-17)18-16(19)13-5-6-13/h7-10,13H,2-6,11-12H2,1H3,(H,18,19). The Morgan fingerprint density at radius 3 is 2.35 bits per heavy atom. The molecule has 0 radical (unpaired) electrons. The van der Waals surface area contributed by atoms with E-state index in [-0.39, 0.29) is 17.4 Å². The fraction of sp³-hybridized carbons (Fsp3) is 0.588. The first-order valence-corrected chi connectivity index (χ1v) is 7.70. The smallest absolute Gasteiger partial charge is 0.223 e. The highest BCUT2D eigenvalue weighted by molar-refractivity contribution is 5.81. The van der Waals surface area contributed by atoms with Crippen LogP contribution in [0.4, 0.5) is 0 Å². The number of rotatable bonds is 4. The van der Waals surface area contributed by atoms with Crippen LogP contribution >= 0.6 is 0 Å². The van der Waals surface area contributed by atoms with E-state index < -0.39 is 0 Å². The monoisotopic (exact) mass is 273 g/mol. The molecule has 2 fully saturated rings. The van der Waals surface area contributed by atoms with Crippen LogP contribution in [0, 0.1) is 5.92 Å². The molecule has 3 nitrogen and oxygen atoms in total. The Hall–Kier alpha value is -1.51. The molecule has 0 atom stereocenters. The number of methoxy groups -OCH3 is 1. The summed E-state index contributed by atoms with van der Waals surface area (Å²) in [6, 6.07) is 8.21. The van der Waals surface area contributed by atoms with Crippen molar-refractivity contribution in [3.63, 3.8) is 0 Å². The van der Waals surface area contributed by atoms with E-state index in [9.17, 15) is 4.79 Å². The van der Waals surface area contributed by atoms with E-state index in [1.54, 1.807) is 7.11 Å². The summed E-state index contributed by atoms with van der Waals surface area (Å²) < 4.78 is 5.23. The van der Waals surface area contributed by atoms with E-state index >= 15 is 0 Å². The molecule has 1 N–H and O–H groups in total. The number of carbonyl (C=O) groups is 1. The summed E-state index contributed by atoms with van der Waals surface area (Å²) in [7, 11) is 1.68. The van der Waals surface area contributed by atoms with Gasteiger partial charge in [-0.05, 0) is 43.4 Å². The molecule has 0 bridgehead atoms. The Labute approximate surface area is 120 Å². The van der Waals surface area contributed by atoms with Gasteiger partial charge >= 0.3 is 0 Å². The minimum atomic E-state index is -0.149. The van der Waals surface area contributed by atoms with Gasteiger partial charge in [0, 0.05) is 5.92 Å². The van der Waals surface area contributed by atoms with Gasteiger partial charge in [0.2, 0.25) is 5.91 Å². The van der Waals surface area contributed by atoms with Crippen molar-refractivity contribution in [2.45, 2.75) is 50.5 Å². The van der Waals surface area contributed by atoms with Gasteiger partial charge in [0.05, 0.1) is 12.6 Å². The first-order valence-electron chi connectivity index (χ1n) is 7.70. The number of ether oxygens (including phenoxy) is 1. The highest BCUT2D eigenvalue weighted by Crippen LogP contribution is 2.39. The molecule has 0 spiro atoms. The van der Waals surface area contributed by atoms with Crippen molar-refractivity contribution in [1.82, 2.24) is 5.32 Å². The zero-order valence-corrected chi connectivity index (χ0v) is 12.2. The van der Waals surface area contributed by atoms with Crippen LogP contribution in [0.3, 0.4) is 0 Å². The van der Waals surface area contributed by atoms with Crippen LogP contribution in [0.2, 0.25) is 0 Å². The summed E-state index contributed by atoms with van der Waals surface area (Å²) >= 11 is 0. The second-order valence-corrected chi connectivity index (χ2v) is 6.13. The van der Waals surface area contributed by atoms with Crippen molar-refractivity contribution in [3.8, 4) is 5.75 Å².